The number of rotatable bonds is 4. The number of nitrogens with zero attached hydrogens (tertiary/aromatic N) is 1. The normalized spacial score (nSPS) is 10.5. The predicted octanol–water partition coefficient (Wildman–Crippen LogP) is 4.32. The van der Waals surface area contributed by atoms with Gasteiger partial charge >= 0.3 is 5.97 Å². The molecule has 0 radical (unpaired) electrons. The van der Waals surface area contributed by atoms with Crippen LogP contribution in [0.5, 0.6) is 0 Å². The summed E-state index contributed by atoms with van der Waals surface area (Å²) in [6, 6.07) is 15.2. The van der Waals surface area contributed by atoms with Crippen molar-refractivity contribution in [3.05, 3.63) is 66.0 Å². The van der Waals surface area contributed by atoms with Crippen LogP contribution in [0, 0.1) is 5.82 Å². The van der Waals surface area contributed by atoms with Gasteiger partial charge in [0.2, 0.25) is 0 Å². The third kappa shape index (κ3) is 2.85. The van der Waals surface area contributed by atoms with E-state index in [0.29, 0.717) is 11.3 Å². The van der Waals surface area contributed by atoms with Crippen molar-refractivity contribution in [1.29, 1.82) is 0 Å². The molecule has 0 aliphatic carbocycles. The van der Waals surface area contributed by atoms with Crippen molar-refractivity contribution in [1.82, 2.24) is 5.16 Å². The van der Waals surface area contributed by atoms with Crippen LogP contribution < -0.4 is 0 Å². The molecule has 1 heterocycles. The van der Waals surface area contributed by atoms with Gasteiger partial charge in [-0.15, -0.1) is 0 Å². The largest absolute Gasteiger partial charge is 0.462 e. The topological polar surface area (TPSA) is 52.3 Å². The van der Waals surface area contributed by atoms with E-state index in [1.807, 2.05) is 18.2 Å². The Morgan fingerprint density at radius 2 is 1.83 bits per heavy atom. The number of hydrogen-bond donors (Lipinski definition) is 0. The van der Waals surface area contributed by atoms with Crippen LogP contribution in [0.4, 0.5) is 4.39 Å². The van der Waals surface area contributed by atoms with E-state index in [1.165, 1.54) is 12.1 Å². The molecule has 116 valence electrons. The van der Waals surface area contributed by atoms with Gasteiger partial charge in [0.1, 0.15) is 17.1 Å². The van der Waals surface area contributed by atoms with Crippen LogP contribution in [-0.2, 0) is 4.74 Å². The maximum absolute atomic E-state index is 14.1. The lowest BCUT2D eigenvalue weighted by atomic mass is 10.0. The Hall–Kier alpha value is -2.95. The first-order chi connectivity index (χ1) is 11.2. The lowest BCUT2D eigenvalue weighted by Gasteiger charge is -2.05. The SMILES string of the molecule is CCOC(=O)c1c(-c2ccccc2)noc1-c1ccccc1F. The van der Waals surface area contributed by atoms with Gasteiger partial charge in [-0.3, -0.25) is 0 Å². The summed E-state index contributed by atoms with van der Waals surface area (Å²) in [6.07, 6.45) is 0. The molecule has 3 aromatic rings. The molecular weight excluding hydrogens is 297 g/mol. The first-order valence-electron chi connectivity index (χ1n) is 7.19. The van der Waals surface area contributed by atoms with Gasteiger partial charge < -0.3 is 9.26 Å². The maximum Gasteiger partial charge on any atom is 0.344 e. The summed E-state index contributed by atoms with van der Waals surface area (Å²) in [5.74, 6) is -1.01. The van der Waals surface area contributed by atoms with Crippen molar-refractivity contribution in [3.8, 4) is 22.6 Å². The number of benzene rings is 2. The zero-order valence-electron chi connectivity index (χ0n) is 12.5. The van der Waals surface area contributed by atoms with Crippen LogP contribution in [0.3, 0.4) is 0 Å². The van der Waals surface area contributed by atoms with Gasteiger partial charge in [0.25, 0.3) is 0 Å². The van der Waals surface area contributed by atoms with E-state index in [9.17, 15) is 9.18 Å². The van der Waals surface area contributed by atoms with Crippen molar-refractivity contribution in [2.75, 3.05) is 6.61 Å². The van der Waals surface area contributed by atoms with Gasteiger partial charge in [-0.25, -0.2) is 9.18 Å². The second kappa shape index (κ2) is 6.44. The van der Waals surface area contributed by atoms with Crippen LogP contribution in [0.15, 0.2) is 59.1 Å². The fourth-order valence-electron chi connectivity index (χ4n) is 2.31. The highest BCUT2D eigenvalue weighted by Gasteiger charge is 2.27. The minimum absolute atomic E-state index is 0.0698. The highest BCUT2D eigenvalue weighted by molar-refractivity contribution is 6.01. The number of carbonyl (C=O) groups is 1. The first-order valence-corrected chi connectivity index (χ1v) is 7.19. The molecular formula is C18H14FNO3. The van der Waals surface area contributed by atoms with E-state index in [0.717, 1.165) is 0 Å². The minimum atomic E-state index is -0.592. The van der Waals surface area contributed by atoms with E-state index < -0.39 is 11.8 Å². The Kier molecular flexibility index (Phi) is 4.19. The second-order valence-electron chi connectivity index (χ2n) is 4.80. The molecule has 0 atom stereocenters. The molecule has 0 saturated carbocycles. The van der Waals surface area contributed by atoms with Crippen molar-refractivity contribution >= 4 is 5.97 Å². The first kappa shape index (κ1) is 15.0. The minimum Gasteiger partial charge on any atom is -0.462 e. The molecule has 4 nitrogen and oxygen atoms in total. The molecule has 2 aromatic carbocycles. The summed E-state index contributed by atoms with van der Waals surface area (Å²) in [5.41, 5.74) is 1.33. The third-order valence-corrected chi connectivity index (χ3v) is 3.34. The van der Waals surface area contributed by atoms with Gasteiger partial charge in [-0.2, -0.15) is 0 Å². The highest BCUT2D eigenvalue weighted by Crippen LogP contribution is 2.34. The van der Waals surface area contributed by atoms with Crippen LogP contribution in [0.25, 0.3) is 22.6 Å². The Balaban J connectivity index is 2.20. The quantitative estimate of drug-likeness (QED) is 0.673. The van der Waals surface area contributed by atoms with Gasteiger partial charge in [-0.05, 0) is 19.1 Å². The number of esters is 1. The van der Waals surface area contributed by atoms with Crippen molar-refractivity contribution in [3.63, 3.8) is 0 Å². The lowest BCUT2D eigenvalue weighted by Crippen LogP contribution is -2.07. The van der Waals surface area contributed by atoms with Crippen LogP contribution in [0.1, 0.15) is 17.3 Å². The fourth-order valence-corrected chi connectivity index (χ4v) is 2.31. The number of halogens is 1. The molecule has 0 bridgehead atoms. The smallest absolute Gasteiger partial charge is 0.344 e. The molecule has 0 amide bonds. The monoisotopic (exact) mass is 311 g/mol. The molecule has 5 heteroatoms. The van der Waals surface area contributed by atoms with Crippen LogP contribution >= 0.6 is 0 Å². The Labute approximate surface area is 132 Å². The molecule has 1 aromatic heterocycles. The standard InChI is InChI=1S/C18H14FNO3/c1-2-22-18(21)15-16(12-8-4-3-5-9-12)20-23-17(15)13-10-6-7-11-14(13)19/h3-11H,2H2,1H3. The molecule has 0 aliphatic rings. The van der Waals surface area contributed by atoms with Gasteiger partial charge in [0.15, 0.2) is 5.76 Å². The Bertz CT molecular complexity index is 827. The number of ether oxygens (including phenoxy) is 1. The Morgan fingerprint density at radius 3 is 2.52 bits per heavy atom. The maximum atomic E-state index is 14.1. The average Bonchev–Trinajstić information content (AvgIpc) is 3.01. The van der Waals surface area contributed by atoms with Crippen molar-refractivity contribution in [2.24, 2.45) is 0 Å². The van der Waals surface area contributed by atoms with Gasteiger partial charge in [-0.1, -0.05) is 47.6 Å². The van der Waals surface area contributed by atoms with E-state index in [-0.39, 0.29) is 23.5 Å². The number of hydrogen-bond acceptors (Lipinski definition) is 4. The van der Waals surface area contributed by atoms with E-state index in [1.54, 1.807) is 31.2 Å². The fraction of sp³-hybridized carbons (Fsp3) is 0.111. The third-order valence-electron chi connectivity index (χ3n) is 3.34. The zero-order valence-corrected chi connectivity index (χ0v) is 12.5. The molecule has 0 fully saturated rings. The second-order valence-corrected chi connectivity index (χ2v) is 4.80. The number of aromatic nitrogens is 1. The molecule has 0 spiro atoms. The van der Waals surface area contributed by atoms with Gasteiger partial charge in [0.05, 0.1) is 12.2 Å². The highest BCUT2D eigenvalue weighted by atomic mass is 19.1. The molecule has 0 saturated heterocycles. The predicted molar refractivity (Wildman–Crippen MR) is 83.3 cm³/mol. The van der Waals surface area contributed by atoms with Crippen molar-refractivity contribution < 1.29 is 18.4 Å². The number of carbonyl (C=O) groups excluding carboxylic acids is 1. The molecule has 0 unspecified atom stereocenters. The zero-order chi connectivity index (χ0) is 16.2. The summed E-state index contributed by atoms with van der Waals surface area (Å²) in [5, 5.41) is 3.96. The summed E-state index contributed by atoms with van der Waals surface area (Å²) >= 11 is 0. The van der Waals surface area contributed by atoms with Crippen molar-refractivity contribution in [2.45, 2.75) is 6.92 Å². The lowest BCUT2D eigenvalue weighted by molar-refractivity contribution is 0.0527. The molecule has 0 aliphatic heterocycles. The van der Waals surface area contributed by atoms with Gasteiger partial charge in [0, 0.05) is 5.56 Å². The summed E-state index contributed by atoms with van der Waals surface area (Å²) in [6.45, 7) is 1.91. The molecule has 0 N–H and O–H groups in total. The van der Waals surface area contributed by atoms with E-state index >= 15 is 0 Å². The Morgan fingerprint density at radius 1 is 1.13 bits per heavy atom. The summed E-state index contributed by atoms with van der Waals surface area (Å²) < 4.78 is 24.5. The van der Waals surface area contributed by atoms with Crippen LogP contribution in [-0.4, -0.2) is 17.7 Å². The summed E-state index contributed by atoms with van der Waals surface area (Å²) in [4.78, 5) is 12.4. The van der Waals surface area contributed by atoms with Crippen LogP contribution in [0.2, 0.25) is 0 Å². The molecule has 23 heavy (non-hydrogen) atoms. The van der Waals surface area contributed by atoms with E-state index in [2.05, 4.69) is 5.16 Å². The average molecular weight is 311 g/mol. The van der Waals surface area contributed by atoms with E-state index in [4.69, 9.17) is 9.26 Å². The summed E-state index contributed by atoms with van der Waals surface area (Å²) in [7, 11) is 0. The molecule has 3 rings (SSSR count).